The molecule has 8 nitrogen and oxygen atoms in total. The first kappa shape index (κ1) is 18.2. The highest BCUT2D eigenvalue weighted by molar-refractivity contribution is 8.00. The Hall–Kier alpha value is -2.65. The predicted octanol–water partition coefficient (Wildman–Crippen LogP) is 1.61. The van der Waals surface area contributed by atoms with Crippen LogP contribution in [0.3, 0.4) is 0 Å². The minimum Gasteiger partial charge on any atom is -0.482 e. The summed E-state index contributed by atoms with van der Waals surface area (Å²) >= 11 is 1.15. The average Bonchev–Trinajstić information content (AvgIpc) is 2.60. The van der Waals surface area contributed by atoms with Crippen molar-refractivity contribution in [3.8, 4) is 5.75 Å². The third kappa shape index (κ3) is 4.12. The predicted molar refractivity (Wildman–Crippen MR) is 95.8 cm³/mol. The second-order valence-corrected chi connectivity index (χ2v) is 6.98. The van der Waals surface area contributed by atoms with Gasteiger partial charge in [0.25, 0.3) is 11.5 Å². The number of ether oxygens (including phenoxy) is 2. The lowest BCUT2D eigenvalue weighted by molar-refractivity contribution is -0.118. The smallest absolute Gasteiger partial charge is 0.262 e. The number of amides is 1. The zero-order valence-electron chi connectivity index (χ0n) is 14.2. The molecular weight excluding hydrogens is 358 g/mol. The summed E-state index contributed by atoms with van der Waals surface area (Å²) in [6.07, 6.45) is 0. The van der Waals surface area contributed by atoms with Gasteiger partial charge in [-0.1, -0.05) is 11.8 Å². The van der Waals surface area contributed by atoms with Gasteiger partial charge in [-0.25, -0.2) is 4.98 Å². The Morgan fingerprint density at radius 1 is 1.38 bits per heavy atom. The molecule has 136 valence electrons. The summed E-state index contributed by atoms with van der Waals surface area (Å²) in [5.74, 6) is 0.110. The second kappa shape index (κ2) is 7.71. The van der Waals surface area contributed by atoms with Gasteiger partial charge in [0.2, 0.25) is 0 Å². The van der Waals surface area contributed by atoms with Crippen LogP contribution < -0.4 is 15.6 Å². The van der Waals surface area contributed by atoms with E-state index in [-0.39, 0.29) is 30.5 Å². The van der Waals surface area contributed by atoms with Gasteiger partial charge in [0.15, 0.2) is 17.5 Å². The van der Waals surface area contributed by atoms with E-state index >= 15 is 0 Å². The summed E-state index contributed by atoms with van der Waals surface area (Å²) in [6.45, 7) is 1.90. The van der Waals surface area contributed by atoms with Crippen LogP contribution in [-0.4, -0.2) is 40.6 Å². The third-order valence-electron chi connectivity index (χ3n) is 3.62. The molecule has 0 fully saturated rings. The molecule has 1 atom stereocenters. The van der Waals surface area contributed by atoms with Gasteiger partial charge >= 0.3 is 0 Å². The largest absolute Gasteiger partial charge is 0.482 e. The molecule has 2 heterocycles. The first-order valence-electron chi connectivity index (χ1n) is 7.83. The van der Waals surface area contributed by atoms with Crippen LogP contribution in [0.4, 0.5) is 5.69 Å². The maximum absolute atomic E-state index is 12.7. The van der Waals surface area contributed by atoms with Crippen molar-refractivity contribution in [1.29, 1.82) is 0 Å². The molecule has 0 spiro atoms. The van der Waals surface area contributed by atoms with Crippen molar-refractivity contribution in [2.45, 2.75) is 23.9 Å². The quantitative estimate of drug-likeness (QED) is 0.448. The Kier molecular flexibility index (Phi) is 5.38. The van der Waals surface area contributed by atoms with Crippen molar-refractivity contribution in [3.05, 3.63) is 45.9 Å². The molecule has 0 radical (unpaired) electrons. The van der Waals surface area contributed by atoms with E-state index in [0.29, 0.717) is 27.9 Å². The number of carbonyl (C=O) groups excluding carboxylic acids is 2. The Bertz CT molecular complexity index is 912. The van der Waals surface area contributed by atoms with Gasteiger partial charge in [0.1, 0.15) is 5.75 Å². The number of methoxy groups -OCH3 is 1. The Balaban J connectivity index is 1.77. The summed E-state index contributed by atoms with van der Waals surface area (Å²) in [4.78, 5) is 42.7. The number of nitrogens with zero attached hydrogens (tertiary/aromatic N) is 1. The fourth-order valence-corrected chi connectivity index (χ4v) is 3.36. The lowest BCUT2D eigenvalue weighted by Crippen LogP contribution is -2.26. The molecule has 1 aliphatic heterocycles. The molecule has 1 amide bonds. The highest BCUT2D eigenvalue weighted by Crippen LogP contribution is 2.30. The van der Waals surface area contributed by atoms with E-state index in [9.17, 15) is 14.4 Å². The van der Waals surface area contributed by atoms with Crippen molar-refractivity contribution < 1.29 is 19.1 Å². The summed E-state index contributed by atoms with van der Waals surface area (Å²) in [7, 11) is 1.51. The van der Waals surface area contributed by atoms with Crippen molar-refractivity contribution in [2.24, 2.45) is 0 Å². The van der Waals surface area contributed by atoms with Gasteiger partial charge < -0.3 is 19.8 Å². The number of nitrogens with one attached hydrogen (secondary N) is 2. The number of Topliss-reactive ketones (excluding diaryl/α,β-unsaturated/α-hetero) is 1. The summed E-state index contributed by atoms with van der Waals surface area (Å²) in [5.41, 5.74) is 1.10. The van der Waals surface area contributed by atoms with Gasteiger partial charge in [0.05, 0.1) is 23.2 Å². The van der Waals surface area contributed by atoms with Crippen LogP contribution in [0.25, 0.3) is 0 Å². The maximum Gasteiger partial charge on any atom is 0.262 e. The van der Waals surface area contributed by atoms with Crippen LogP contribution in [0.1, 0.15) is 23.0 Å². The number of rotatable bonds is 6. The fraction of sp³-hybridized carbons (Fsp3) is 0.294. The number of fused-ring (bicyclic) bond motifs is 1. The molecule has 3 rings (SSSR count). The van der Waals surface area contributed by atoms with E-state index in [1.54, 1.807) is 25.1 Å². The molecule has 1 unspecified atom stereocenters. The number of hydrogen-bond acceptors (Lipinski definition) is 7. The number of ketones is 1. The Labute approximate surface area is 153 Å². The van der Waals surface area contributed by atoms with Crippen LogP contribution >= 0.6 is 11.8 Å². The molecule has 1 aromatic carbocycles. The normalized spacial score (nSPS) is 14.2. The minimum atomic E-state index is -0.491. The maximum atomic E-state index is 12.7. The van der Waals surface area contributed by atoms with Crippen LogP contribution in [0.15, 0.2) is 34.2 Å². The average molecular weight is 375 g/mol. The van der Waals surface area contributed by atoms with E-state index in [1.807, 2.05) is 0 Å². The number of thioether (sulfide) groups is 1. The van der Waals surface area contributed by atoms with Crippen LogP contribution in [0.2, 0.25) is 0 Å². The monoisotopic (exact) mass is 375 g/mol. The van der Waals surface area contributed by atoms with Crippen LogP contribution in [-0.2, 0) is 16.1 Å². The van der Waals surface area contributed by atoms with Crippen molar-refractivity contribution >= 4 is 29.1 Å². The SMILES string of the molecule is COCc1cc(=O)[nH]c(SC(C)C(=O)c2ccc3c(c2)NC(=O)CO3)n1. The third-order valence-corrected chi connectivity index (χ3v) is 4.60. The van der Waals surface area contributed by atoms with Gasteiger partial charge in [0, 0.05) is 18.7 Å². The number of carbonyl (C=O) groups is 2. The molecule has 0 aliphatic carbocycles. The van der Waals surface area contributed by atoms with Crippen molar-refractivity contribution in [2.75, 3.05) is 19.0 Å². The van der Waals surface area contributed by atoms with E-state index in [2.05, 4.69) is 15.3 Å². The highest BCUT2D eigenvalue weighted by Gasteiger charge is 2.22. The van der Waals surface area contributed by atoms with Gasteiger partial charge in [-0.2, -0.15) is 0 Å². The summed E-state index contributed by atoms with van der Waals surface area (Å²) in [6, 6.07) is 6.24. The Morgan fingerprint density at radius 2 is 2.19 bits per heavy atom. The van der Waals surface area contributed by atoms with Gasteiger partial charge in [-0.15, -0.1) is 0 Å². The first-order valence-corrected chi connectivity index (χ1v) is 8.71. The summed E-state index contributed by atoms with van der Waals surface area (Å²) in [5, 5.41) is 2.53. The number of anilines is 1. The number of hydrogen-bond donors (Lipinski definition) is 2. The van der Waals surface area contributed by atoms with E-state index in [4.69, 9.17) is 9.47 Å². The van der Waals surface area contributed by atoms with Crippen molar-refractivity contribution in [1.82, 2.24) is 9.97 Å². The molecule has 1 aromatic heterocycles. The standard InChI is InChI=1S/C17H17N3O5S/c1-9(26-17-18-11(7-24-2)6-14(21)20-17)16(23)10-3-4-13-12(5-10)19-15(22)8-25-13/h3-6,9H,7-8H2,1-2H3,(H,19,22)(H,18,20,21). The molecule has 0 saturated carbocycles. The molecule has 2 N–H and O–H groups in total. The van der Waals surface area contributed by atoms with E-state index in [1.165, 1.54) is 13.2 Å². The zero-order valence-corrected chi connectivity index (χ0v) is 15.0. The molecular formula is C17H17N3O5S. The topological polar surface area (TPSA) is 110 Å². The van der Waals surface area contributed by atoms with Crippen LogP contribution in [0, 0.1) is 0 Å². The molecule has 0 saturated heterocycles. The van der Waals surface area contributed by atoms with Gasteiger partial charge in [-0.05, 0) is 25.1 Å². The molecule has 26 heavy (non-hydrogen) atoms. The highest BCUT2D eigenvalue weighted by atomic mass is 32.2. The number of aromatic nitrogens is 2. The molecule has 2 aromatic rings. The molecule has 9 heteroatoms. The fourth-order valence-electron chi connectivity index (χ4n) is 2.45. The summed E-state index contributed by atoms with van der Waals surface area (Å²) < 4.78 is 10.3. The van der Waals surface area contributed by atoms with Crippen LogP contribution in [0.5, 0.6) is 5.75 Å². The lowest BCUT2D eigenvalue weighted by atomic mass is 10.1. The first-order chi connectivity index (χ1) is 12.5. The molecule has 0 bridgehead atoms. The lowest BCUT2D eigenvalue weighted by Gasteiger charge is -2.19. The molecule has 1 aliphatic rings. The van der Waals surface area contributed by atoms with Gasteiger partial charge in [-0.3, -0.25) is 14.4 Å². The number of aromatic amines is 1. The number of benzene rings is 1. The minimum absolute atomic E-state index is 0.0383. The van der Waals surface area contributed by atoms with E-state index in [0.717, 1.165) is 11.8 Å². The number of H-pyrrole nitrogens is 1. The second-order valence-electron chi connectivity index (χ2n) is 5.65. The van der Waals surface area contributed by atoms with Crippen molar-refractivity contribution in [3.63, 3.8) is 0 Å². The van der Waals surface area contributed by atoms with E-state index < -0.39 is 5.25 Å². The Morgan fingerprint density at radius 3 is 2.96 bits per heavy atom. The zero-order chi connectivity index (χ0) is 18.7.